The molecule has 1 heterocycles. The standard InChI is InChI=1S/C22H22N4O6/c1-4-31-21(28)25-20(14-6-8-15(9-7-14)26(29)30)24-18-16-11-13(12-23)5-10-17(16)32-22(2,3)19(18)27/h5-11,18-19,27H,4H2,1-3H3,(H,24,25,28)/t18-,19+/m1/s1. The van der Waals surface area contributed by atoms with Gasteiger partial charge in [-0.15, -0.1) is 0 Å². The Hall–Kier alpha value is -3.97. The molecule has 0 fully saturated rings. The summed E-state index contributed by atoms with van der Waals surface area (Å²) in [5.74, 6) is 0.501. The van der Waals surface area contributed by atoms with Gasteiger partial charge in [-0.1, -0.05) is 0 Å². The second-order valence-corrected chi connectivity index (χ2v) is 7.59. The van der Waals surface area contributed by atoms with Crippen LogP contribution in [0, 0.1) is 21.4 Å². The Bertz CT molecular complexity index is 1100. The highest BCUT2D eigenvalue weighted by atomic mass is 16.6. The van der Waals surface area contributed by atoms with E-state index < -0.39 is 28.8 Å². The molecule has 0 radical (unpaired) electrons. The molecule has 1 aliphatic rings. The topological polar surface area (TPSA) is 147 Å². The summed E-state index contributed by atoms with van der Waals surface area (Å²) in [5, 5.41) is 33.8. The van der Waals surface area contributed by atoms with E-state index in [9.17, 15) is 25.3 Å². The fourth-order valence-corrected chi connectivity index (χ4v) is 3.30. The monoisotopic (exact) mass is 438 g/mol. The number of aliphatic hydroxyl groups is 1. The van der Waals surface area contributed by atoms with Crippen molar-refractivity contribution in [3.63, 3.8) is 0 Å². The molecule has 0 bridgehead atoms. The lowest BCUT2D eigenvalue weighted by Crippen LogP contribution is -2.49. The van der Waals surface area contributed by atoms with Gasteiger partial charge < -0.3 is 14.6 Å². The predicted octanol–water partition coefficient (Wildman–Crippen LogP) is 3.23. The van der Waals surface area contributed by atoms with Gasteiger partial charge in [-0.2, -0.15) is 5.26 Å². The van der Waals surface area contributed by atoms with Crippen LogP contribution in [0.1, 0.15) is 43.5 Å². The van der Waals surface area contributed by atoms with Crippen LogP contribution in [0.5, 0.6) is 5.75 Å². The first-order valence-corrected chi connectivity index (χ1v) is 9.83. The molecule has 32 heavy (non-hydrogen) atoms. The number of ether oxygens (including phenoxy) is 2. The highest BCUT2D eigenvalue weighted by Crippen LogP contribution is 2.42. The first kappa shape index (κ1) is 22.7. The van der Waals surface area contributed by atoms with Gasteiger partial charge in [0.1, 0.15) is 29.3 Å². The van der Waals surface area contributed by atoms with Crippen molar-refractivity contribution in [1.82, 2.24) is 5.32 Å². The minimum atomic E-state index is -1.12. The molecular weight excluding hydrogens is 416 g/mol. The number of aliphatic hydroxyl groups excluding tert-OH is 1. The second-order valence-electron chi connectivity index (χ2n) is 7.59. The van der Waals surface area contributed by atoms with E-state index in [0.29, 0.717) is 22.4 Å². The van der Waals surface area contributed by atoms with Crippen molar-refractivity contribution in [2.75, 3.05) is 6.61 Å². The van der Waals surface area contributed by atoms with Crippen molar-refractivity contribution < 1.29 is 24.3 Å². The number of nitro benzene ring substituents is 1. The number of aliphatic imine (C=N–C) groups is 1. The number of non-ortho nitro benzene ring substituents is 1. The molecule has 2 N–H and O–H groups in total. The number of amidine groups is 1. The summed E-state index contributed by atoms with van der Waals surface area (Å²) in [6, 6.07) is 11.4. The zero-order valence-electron chi connectivity index (χ0n) is 17.7. The van der Waals surface area contributed by atoms with Gasteiger partial charge in [0.2, 0.25) is 0 Å². The SMILES string of the molecule is CCOC(=O)NC(=N[C@@H]1c2cc(C#N)ccc2OC(C)(C)[C@H]1O)c1ccc([N+](=O)[O-])cc1. The number of amides is 1. The summed E-state index contributed by atoms with van der Waals surface area (Å²) in [5.41, 5.74) is 0.0640. The van der Waals surface area contributed by atoms with Crippen LogP contribution in [0.2, 0.25) is 0 Å². The number of carbonyl (C=O) groups is 1. The minimum Gasteiger partial charge on any atom is -0.485 e. The average molecular weight is 438 g/mol. The largest absolute Gasteiger partial charge is 0.485 e. The van der Waals surface area contributed by atoms with Crippen molar-refractivity contribution in [3.8, 4) is 11.8 Å². The van der Waals surface area contributed by atoms with Crippen molar-refractivity contribution in [2.45, 2.75) is 38.5 Å². The van der Waals surface area contributed by atoms with Gasteiger partial charge in [-0.25, -0.2) is 4.79 Å². The molecule has 0 aromatic heterocycles. The molecule has 0 unspecified atom stereocenters. The molecule has 166 valence electrons. The van der Waals surface area contributed by atoms with E-state index in [-0.39, 0.29) is 18.1 Å². The summed E-state index contributed by atoms with van der Waals surface area (Å²) in [6.07, 6.45) is -1.89. The summed E-state index contributed by atoms with van der Waals surface area (Å²) >= 11 is 0. The third-order valence-electron chi connectivity index (χ3n) is 4.96. The Balaban J connectivity index is 2.13. The smallest absolute Gasteiger partial charge is 0.412 e. The van der Waals surface area contributed by atoms with Gasteiger partial charge in [-0.05, 0) is 51.1 Å². The molecule has 0 aliphatic carbocycles. The summed E-state index contributed by atoms with van der Waals surface area (Å²) in [4.78, 5) is 27.2. The van der Waals surface area contributed by atoms with Crippen LogP contribution in [0.15, 0.2) is 47.5 Å². The number of carbonyl (C=O) groups excluding carboxylic acids is 1. The normalized spacial score (nSPS) is 19.2. The summed E-state index contributed by atoms with van der Waals surface area (Å²) < 4.78 is 10.8. The van der Waals surface area contributed by atoms with Crippen LogP contribution in [0.3, 0.4) is 0 Å². The second kappa shape index (κ2) is 9.03. The maximum atomic E-state index is 12.1. The van der Waals surface area contributed by atoms with Crippen LogP contribution in [0.25, 0.3) is 0 Å². The number of nitriles is 1. The number of nitrogens with one attached hydrogen (secondary N) is 1. The van der Waals surface area contributed by atoms with Crippen LogP contribution in [0.4, 0.5) is 10.5 Å². The van der Waals surface area contributed by atoms with Crippen LogP contribution >= 0.6 is 0 Å². The average Bonchev–Trinajstić information content (AvgIpc) is 2.76. The Labute approximate surface area is 184 Å². The molecule has 2 atom stereocenters. The number of hydrogen-bond donors (Lipinski definition) is 2. The number of hydrogen-bond acceptors (Lipinski definition) is 8. The maximum absolute atomic E-state index is 12.1. The third-order valence-corrected chi connectivity index (χ3v) is 4.96. The van der Waals surface area contributed by atoms with Gasteiger partial charge in [0, 0.05) is 23.3 Å². The Kier molecular flexibility index (Phi) is 6.41. The van der Waals surface area contributed by atoms with E-state index in [1.165, 1.54) is 24.3 Å². The number of fused-ring (bicyclic) bond motifs is 1. The molecule has 0 spiro atoms. The number of nitrogens with zero attached hydrogens (tertiary/aromatic N) is 3. The van der Waals surface area contributed by atoms with Gasteiger partial charge in [0.15, 0.2) is 0 Å². The van der Waals surface area contributed by atoms with Crippen molar-refractivity contribution in [1.29, 1.82) is 5.26 Å². The zero-order valence-corrected chi connectivity index (χ0v) is 17.7. The molecule has 3 rings (SSSR count). The Morgan fingerprint density at radius 3 is 2.62 bits per heavy atom. The van der Waals surface area contributed by atoms with Crippen LogP contribution < -0.4 is 10.1 Å². The van der Waals surface area contributed by atoms with Gasteiger partial charge >= 0.3 is 6.09 Å². The molecule has 0 saturated carbocycles. The molecule has 2 aromatic carbocycles. The first-order chi connectivity index (χ1) is 15.2. The summed E-state index contributed by atoms with van der Waals surface area (Å²) in [6.45, 7) is 5.17. The number of benzene rings is 2. The van der Waals surface area contributed by atoms with Crippen molar-refractivity contribution >= 4 is 17.6 Å². The van der Waals surface area contributed by atoms with Crippen LogP contribution in [-0.2, 0) is 4.74 Å². The van der Waals surface area contributed by atoms with Crippen molar-refractivity contribution in [3.05, 3.63) is 69.3 Å². The molecule has 10 nitrogen and oxygen atoms in total. The zero-order chi connectivity index (χ0) is 23.5. The highest BCUT2D eigenvalue weighted by Gasteiger charge is 2.43. The van der Waals surface area contributed by atoms with Crippen molar-refractivity contribution in [2.24, 2.45) is 4.99 Å². The number of rotatable bonds is 4. The third kappa shape index (κ3) is 4.68. The fourth-order valence-electron chi connectivity index (χ4n) is 3.30. The maximum Gasteiger partial charge on any atom is 0.412 e. The molecule has 1 aliphatic heterocycles. The van der Waals surface area contributed by atoms with Gasteiger partial charge in [0.25, 0.3) is 5.69 Å². The Morgan fingerprint density at radius 2 is 2.03 bits per heavy atom. The summed E-state index contributed by atoms with van der Waals surface area (Å²) in [7, 11) is 0. The van der Waals surface area contributed by atoms with E-state index >= 15 is 0 Å². The fraction of sp³-hybridized carbons (Fsp3) is 0.318. The Morgan fingerprint density at radius 1 is 1.34 bits per heavy atom. The first-order valence-electron chi connectivity index (χ1n) is 9.83. The minimum absolute atomic E-state index is 0.0495. The van der Waals surface area contributed by atoms with E-state index in [2.05, 4.69) is 10.3 Å². The van der Waals surface area contributed by atoms with Gasteiger partial charge in [0.05, 0.1) is 23.2 Å². The quantitative estimate of drug-likeness (QED) is 0.322. The molecular formula is C22H22N4O6. The lowest BCUT2D eigenvalue weighted by Gasteiger charge is -2.40. The van der Waals surface area contributed by atoms with E-state index in [0.717, 1.165) is 0 Å². The molecule has 1 amide bonds. The molecule has 2 aromatic rings. The van der Waals surface area contributed by atoms with E-state index in [1.807, 2.05) is 6.07 Å². The van der Waals surface area contributed by atoms with Gasteiger partial charge in [-0.3, -0.25) is 20.4 Å². The highest BCUT2D eigenvalue weighted by molar-refractivity contribution is 6.06. The number of alkyl carbamates (subject to hydrolysis) is 1. The lowest BCUT2D eigenvalue weighted by molar-refractivity contribution is -0.384. The molecule has 10 heteroatoms. The predicted molar refractivity (Wildman–Crippen MR) is 114 cm³/mol. The van der Waals surface area contributed by atoms with Crippen LogP contribution in [-0.4, -0.2) is 40.3 Å². The lowest BCUT2D eigenvalue weighted by atomic mass is 9.86. The van der Waals surface area contributed by atoms with E-state index in [1.54, 1.807) is 39.0 Å². The number of nitro groups is 1. The van der Waals surface area contributed by atoms with E-state index in [4.69, 9.17) is 9.47 Å². The molecule has 0 saturated heterocycles.